The first-order chi connectivity index (χ1) is 17.6. The molecule has 1 aliphatic heterocycles. The Morgan fingerprint density at radius 3 is 2.24 bits per heavy atom. The van der Waals surface area contributed by atoms with E-state index in [0.717, 1.165) is 22.4 Å². The lowest BCUT2D eigenvalue weighted by atomic mass is 9.84. The van der Waals surface area contributed by atoms with Gasteiger partial charge in [0.15, 0.2) is 0 Å². The van der Waals surface area contributed by atoms with Crippen LogP contribution in [0.1, 0.15) is 44.4 Å². The van der Waals surface area contributed by atoms with Gasteiger partial charge in [0.05, 0.1) is 19.2 Å². The summed E-state index contributed by atoms with van der Waals surface area (Å²) >= 11 is 0. The van der Waals surface area contributed by atoms with Crippen LogP contribution in [0.25, 0.3) is 0 Å². The molecule has 37 heavy (non-hydrogen) atoms. The predicted octanol–water partition coefficient (Wildman–Crippen LogP) is 3.74. The van der Waals surface area contributed by atoms with Crippen molar-refractivity contribution >= 4 is 11.9 Å². The van der Waals surface area contributed by atoms with E-state index in [-0.39, 0.29) is 29.9 Å². The van der Waals surface area contributed by atoms with Crippen LogP contribution in [-0.2, 0) is 32.8 Å². The summed E-state index contributed by atoms with van der Waals surface area (Å²) in [5, 5.41) is 0. The SMILES string of the molecule is CCOC(=O)CN1CCN(C(=O)[C@H](Cc2ccc(OCc3ccccc3)c(C(C)(C)C)c2)N(C)C)CC1. The summed E-state index contributed by atoms with van der Waals surface area (Å²) in [6, 6.07) is 16.2. The topological polar surface area (TPSA) is 62.3 Å². The van der Waals surface area contributed by atoms with Crippen LogP contribution in [0.3, 0.4) is 0 Å². The minimum Gasteiger partial charge on any atom is -0.489 e. The molecule has 1 fully saturated rings. The van der Waals surface area contributed by atoms with Crippen molar-refractivity contribution in [3.63, 3.8) is 0 Å². The molecule has 7 nitrogen and oxygen atoms in total. The van der Waals surface area contributed by atoms with Crippen molar-refractivity contribution in [3.8, 4) is 5.75 Å². The van der Waals surface area contributed by atoms with E-state index < -0.39 is 0 Å². The number of carbonyl (C=O) groups is 2. The molecule has 0 spiro atoms. The Morgan fingerprint density at radius 2 is 1.65 bits per heavy atom. The fourth-order valence-electron chi connectivity index (χ4n) is 4.59. The third kappa shape index (κ3) is 8.30. The molecular weight excluding hydrogens is 466 g/mol. The van der Waals surface area contributed by atoms with Gasteiger partial charge in [0.2, 0.25) is 5.91 Å². The van der Waals surface area contributed by atoms with Crippen molar-refractivity contribution in [2.45, 2.75) is 52.2 Å². The number of hydrogen-bond acceptors (Lipinski definition) is 6. The fraction of sp³-hybridized carbons (Fsp3) is 0.533. The Bertz CT molecular complexity index is 1020. The Kier molecular flexibility index (Phi) is 10.1. The van der Waals surface area contributed by atoms with E-state index in [2.05, 4.69) is 49.9 Å². The number of hydrogen-bond donors (Lipinski definition) is 0. The molecule has 2 aromatic carbocycles. The number of carbonyl (C=O) groups excluding carboxylic acids is 2. The van der Waals surface area contributed by atoms with Crippen LogP contribution in [0.5, 0.6) is 5.75 Å². The lowest BCUT2D eigenvalue weighted by Crippen LogP contribution is -2.55. The fourth-order valence-corrected chi connectivity index (χ4v) is 4.59. The van der Waals surface area contributed by atoms with Gasteiger partial charge in [-0.25, -0.2) is 0 Å². The van der Waals surface area contributed by atoms with Gasteiger partial charge in [-0.3, -0.25) is 19.4 Å². The van der Waals surface area contributed by atoms with Crippen molar-refractivity contribution in [2.24, 2.45) is 0 Å². The van der Waals surface area contributed by atoms with E-state index in [0.29, 0.717) is 45.8 Å². The second kappa shape index (κ2) is 13.1. The summed E-state index contributed by atoms with van der Waals surface area (Å²) in [7, 11) is 3.92. The van der Waals surface area contributed by atoms with E-state index in [1.165, 1.54) is 0 Å². The molecule has 2 aromatic rings. The van der Waals surface area contributed by atoms with Gasteiger partial charge in [0.1, 0.15) is 12.4 Å². The number of piperazine rings is 1. The molecule has 0 unspecified atom stereocenters. The van der Waals surface area contributed by atoms with Crippen LogP contribution in [0.4, 0.5) is 0 Å². The van der Waals surface area contributed by atoms with Gasteiger partial charge in [0, 0.05) is 26.2 Å². The van der Waals surface area contributed by atoms with Gasteiger partial charge >= 0.3 is 5.97 Å². The number of amides is 1. The second-order valence-corrected chi connectivity index (χ2v) is 10.9. The van der Waals surface area contributed by atoms with Crippen molar-refractivity contribution in [2.75, 3.05) is 53.4 Å². The molecule has 1 saturated heterocycles. The summed E-state index contributed by atoms with van der Waals surface area (Å²) < 4.78 is 11.3. The summed E-state index contributed by atoms with van der Waals surface area (Å²) in [5.74, 6) is 0.798. The Morgan fingerprint density at radius 1 is 0.973 bits per heavy atom. The third-order valence-electron chi connectivity index (χ3n) is 6.77. The zero-order valence-electron chi connectivity index (χ0n) is 23.3. The van der Waals surface area contributed by atoms with Gasteiger partial charge in [-0.15, -0.1) is 0 Å². The summed E-state index contributed by atoms with van der Waals surface area (Å²) in [5.41, 5.74) is 3.28. The van der Waals surface area contributed by atoms with E-state index in [4.69, 9.17) is 9.47 Å². The molecule has 0 saturated carbocycles. The van der Waals surface area contributed by atoms with E-state index in [1.54, 1.807) is 0 Å². The van der Waals surface area contributed by atoms with Crippen LogP contribution in [0.15, 0.2) is 48.5 Å². The summed E-state index contributed by atoms with van der Waals surface area (Å²) in [6.07, 6.45) is 0.622. The molecule has 1 aliphatic rings. The Labute approximate surface area is 222 Å². The highest BCUT2D eigenvalue weighted by atomic mass is 16.5. The largest absolute Gasteiger partial charge is 0.489 e. The Hall–Kier alpha value is -2.90. The zero-order valence-corrected chi connectivity index (χ0v) is 23.3. The standard InChI is InChI=1S/C30H43N3O4/c1-7-36-28(34)21-32-15-17-33(18-16-32)29(35)26(31(5)6)20-24-13-14-27(25(19-24)30(2,3)4)37-22-23-11-9-8-10-12-23/h8-14,19,26H,7,15-18,20-22H2,1-6H3/t26-/m0/s1. The minimum atomic E-state index is -0.263. The molecule has 0 N–H and O–H groups in total. The first-order valence-electron chi connectivity index (χ1n) is 13.2. The van der Waals surface area contributed by atoms with Crippen molar-refractivity contribution in [3.05, 3.63) is 65.2 Å². The van der Waals surface area contributed by atoms with Crippen LogP contribution in [-0.4, -0.2) is 86.0 Å². The predicted molar refractivity (Wildman–Crippen MR) is 147 cm³/mol. The van der Waals surface area contributed by atoms with Gasteiger partial charge in [-0.2, -0.15) is 0 Å². The van der Waals surface area contributed by atoms with Crippen molar-refractivity contribution in [1.82, 2.24) is 14.7 Å². The van der Waals surface area contributed by atoms with Crippen LogP contribution in [0, 0.1) is 0 Å². The maximum atomic E-state index is 13.5. The molecule has 1 amide bonds. The molecule has 3 rings (SSSR count). The smallest absolute Gasteiger partial charge is 0.320 e. The molecule has 7 heteroatoms. The minimum absolute atomic E-state index is 0.102. The molecular formula is C30H43N3O4. The van der Waals surface area contributed by atoms with Gasteiger partial charge in [-0.1, -0.05) is 63.2 Å². The number of likely N-dealkylation sites (N-methyl/N-ethyl adjacent to an activating group) is 1. The van der Waals surface area contributed by atoms with E-state index in [1.807, 2.05) is 55.1 Å². The van der Waals surface area contributed by atoms with Crippen LogP contribution in [0.2, 0.25) is 0 Å². The van der Waals surface area contributed by atoms with Gasteiger partial charge in [-0.05, 0) is 55.6 Å². The molecule has 0 bridgehead atoms. The van der Waals surface area contributed by atoms with E-state index >= 15 is 0 Å². The molecule has 0 aliphatic carbocycles. The highest BCUT2D eigenvalue weighted by molar-refractivity contribution is 5.82. The quantitative estimate of drug-likeness (QED) is 0.455. The second-order valence-electron chi connectivity index (χ2n) is 10.9. The average Bonchev–Trinajstić information content (AvgIpc) is 2.86. The van der Waals surface area contributed by atoms with Crippen molar-refractivity contribution in [1.29, 1.82) is 0 Å². The first-order valence-corrected chi connectivity index (χ1v) is 13.2. The van der Waals surface area contributed by atoms with Crippen molar-refractivity contribution < 1.29 is 19.1 Å². The van der Waals surface area contributed by atoms with E-state index in [9.17, 15) is 9.59 Å². The molecule has 1 atom stereocenters. The molecule has 0 radical (unpaired) electrons. The van der Waals surface area contributed by atoms with Crippen LogP contribution >= 0.6 is 0 Å². The highest BCUT2D eigenvalue weighted by Gasteiger charge is 2.30. The number of ether oxygens (including phenoxy) is 2. The first kappa shape index (κ1) is 28.7. The maximum absolute atomic E-state index is 13.5. The number of nitrogens with zero attached hydrogens (tertiary/aromatic N) is 3. The zero-order chi connectivity index (χ0) is 27.0. The summed E-state index contributed by atoms with van der Waals surface area (Å²) in [4.78, 5) is 31.3. The molecule has 0 aromatic heterocycles. The van der Waals surface area contributed by atoms with Gasteiger partial charge in [0.25, 0.3) is 0 Å². The van der Waals surface area contributed by atoms with Gasteiger partial charge < -0.3 is 14.4 Å². The lowest BCUT2D eigenvalue weighted by Gasteiger charge is -2.37. The Balaban J connectivity index is 1.68. The lowest BCUT2D eigenvalue weighted by molar-refractivity contribution is -0.145. The monoisotopic (exact) mass is 509 g/mol. The maximum Gasteiger partial charge on any atom is 0.320 e. The third-order valence-corrected chi connectivity index (χ3v) is 6.77. The molecule has 202 valence electrons. The summed E-state index contributed by atoms with van der Waals surface area (Å²) in [6.45, 7) is 12.1. The normalized spacial score (nSPS) is 15.5. The average molecular weight is 510 g/mol. The number of rotatable bonds is 10. The molecule has 1 heterocycles. The van der Waals surface area contributed by atoms with Crippen LogP contribution < -0.4 is 4.74 Å². The number of esters is 1. The number of benzene rings is 2. The highest BCUT2D eigenvalue weighted by Crippen LogP contribution is 2.33.